The number of carbonyl (C=O) groups is 1. The van der Waals surface area contributed by atoms with Crippen LogP contribution in [-0.2, 0) is 4.79 Å². The van der Waals surface area contributed by atoms with Gasteiger partial charge in [-0.1, -0.05) is 29.8 Å². The normalized spacial score (nSPS) is 15.2. The lowest BCUT2D eigenvalue weighted by molar-refractivity contribution is -0.111. The van der Waals surface area contributed by atoms with Gasteiger partial charge in [-0.2, -0.15) is 0 Å². The number of nitrogens with one attached hydrogen (secondary N) is 1. The summed E-state index contributed by atoms with van der Waals surface area (Å²) >= 11 is 13.6. The molecule has 1 N–H and O–H groups in total. The highest BCUT2D eigenvalue weighted by Gasteiger charge is 2.32. The van der Waals surface area contributed by atoms with E-state index < -0.39 is 0 Å². The van der Waals surface area contributed by atoms with Gasteiger partial charge >= 0.3 is 0 Å². The molecule has 0 radical (unpaired) electrons. The predicted molar refractivity (Wildman–Crippen MR) is 184 cm³/mol. The van der Waals surface area contributed by atoms with Crippen LogP contribution in [0.2, 0.25) is 10.0 Å². The van der Waals surface area contributed by atoms with Gasteiger partial charge < -0.3 is 24.4 Å². The summed E-state index contributed by atoms with van der Waals surface area (Å²) in [6, 6.07) is 8.07. The standard InChI is InChI=1S/C34H33Cl2N7O4/c1-5-28(44)39-23-15-21(25(45-2)16-24(23)42-12-10-41(11-13-42)20-6-7-20)32-38-18-19-14-22(34-37-8-9-43(34)33(19)40-32)29-30(35)26(46-3)17-27(47-4)31(29)36/h5,8-9,14-18,20H,1,6-7,10-13H2,2-4H3,(H,39,44). The molecule has 1 aliphatic heterocycles. The maximum atomic E-state index is 12.6. The summed E-state index contributed by atoms with van der Waals surface area (Å²) < 4.78 is 18.8. The summed E-state index contributed by atoms with van der Waals surface area (Å²) in [7, 11) is 4.68. The fourth-order valence-electron chi connectivity index (χ4n) is 6.23. The Morgan fingerprint density at radius 2 is 1.62 bits per heavy atom. The van der Waals surface area contributed by atoms with Crippen LogP contribution in [0.3, 0.4) is 0 Å². The Kier molecular flexibility index (Phi) is 8.29. The van der Waals surface area contributed by atoms with Gasteiger partial charge in [0.05, 0.1) is 48.3 Å². The smallest absolute Gasteiger partial charge is 0.247 e. The van der Waals surface area contributed by atoms with E-state index in [0.717, 1.165) is 31.9 Å². The van der Waals surface area contributed by atoms with Crippen molar-refractivity contribution < 1.29 is 19.0 Å². The van der Waals surface area contributed by atoms with E-state index >= 15 is 0 Å². The van der Waals surface area contributed by atoms with Crippen LogP contribution >= 0.6 is 23.2 Å². The summed E-state index contributed by atoms with van der Waals surface area (Å²) in [4.78, 5) is 31.8. The van der Waals surface area contributed by atoms with Crippen molar-refractivity contribution in [1.29, 1.82) is 0 Å². The lowest BCUT2D eigenvalue weighted by atomic mass is 10.0. The Morgan fingerprint density at radius 3 is 2.26 bits per heavy atom. The molecule has 0 unspecified atom stereocenters. The van der Waals surface area contributed by atoms with Gasteiger partial charge in [0.25, 0.3) is 0 Å². The van der Waals surface area contributed by atoms with E-state index in [1.54, 1.807) is 25.6 Å². The van der Waals surface area contributed by atoms with Crippen molar-refractivity contribution in [3.8, 4) is 39.8 Å². The number of imidazole rings is 1. The summed E-state index contributed by atoms with van der Waals surface area (Å²) in [5.41, 5.74) is 4.49. The number of hydrogen-bond acceptors (Lipinski definition) is 9. The summed E-state index contributed by atoms with van der Waals surface area (Å²) in [6.45, 7) is 7.28. The molecule has 0 spiro atoms. The van der Waals surface area contributed by atoms with Crippen LogP contribution in [0.1, 0.15) is 12.8 Å². The van der Waals surface area contributed by atoms with Crippen molar-refractivity contribution in [2.24, 2.45) is 0 Å². The molecule has 47 heavy (non-hydrogen) atoms. The van der Waals surface area contributed by atoms with E-state index in [1.807, 2.05) is 28.8 Å². The molecule has 11 nitrogen and oxygen atoms in total. The molecule has 1 aliphatic carbocycles. The van der Waals surface area contributed by atoms with E-state index in [9.17, 15) is 4.79 Å². The molecule has 7 rings (SSSR count). The zero-order valence-electron chi connectivity index (χ0n) is 26.2. The lowest BCUT2D eigenvalue weighted by Crippen LogP contribution is -2.47. The van der Waals surface area contributed by atoms with Gasteiger partial charge in [0.15, 0.2) is 5.82 Å². The zero-order valence-corrected chi connectivity index (χ0v) is 27.7. The Balaban J connectivity index is 1.34. The number of nitrogens with zero attached hydrogens (tertiary/aromatic N) is 6. The van der Waals surface area contributed by atoms with Gasteiger partial charge in [0.2, 0.25) is 5.91 Å². The average Bonchev–Trinajstić information content (AvgIpc) is 3.83. The largest absolute Gasteiger partial charge is 0.496 e. The third kappa shape index (κ3) is 5.58. The number of amides is 1. The number of anilines is 2. The Labute approximate surface area is 281 Å². The van der Waals surface area contributed by atoms with Crippen LogP contribution in [0.5, 0.6) is 17.2 Å². The third-order valence-corrected chi connectivity index (χ3v) is 9.52. The topological polar surface area (TPSA) is 106 Å². The van der Waals surface area contributed by atoms with Gasteiger partial charge in [-0.25, -0.2) is 15.0 Å². The fourth-order valence-corrected chi connectivity index (χ4v) is 6.94. The van der Waals surface area contributed by atoms with Gasteiger partial charge in [0, 0.05) is 79.5 Å². The number of aromatic nitrogens is 4. The number of carbonyl (C=O) groups excluding carboxylic acids is 1. The molecule has 5 aromatic rings. The number of hydrogen-bond donors (Lipinski definition) is 1. The van der Waals surface area contributed by atoms with Gasteiger partial charge in [-0.05, 0) is 31.1 Å². The summed E-state index contributed by atoms with van der Waals surface area (Å²) in [5, 5.41) is 4.37. The van der Waals surface area contributed by atoms with Gasteiger partial charge in [-0.15, -0.1) is 0 Å². The van der Waals surface area contributed by atoms with E-state index in [2.05, 4.69) is 26.7 Å². The molecule has 1 saturated carbocycles. The van der Waals surface area contributed by atoms with Crippen LogP contribution < -0.4 is 24.4 Å². The van der Waals surface area contributed by atoms with E-state index in [1.165, 1.54) is 33.1 Å². The average molecular weight is 675 g/mol. The molecule has 242 valence electrons. The molecular weight excluding hydrogens is 641 g/mol. The van der Waals surface area contributed by atoms with Crippen LogP contribution in [0.15, 0.2) is 55.5 Å². The summed E-state index contributed by atoms with van der Waals surface area (Å²) in [5.74, 6) is 1.52. The number of methoxy groups -OCH3 is 3. The quantitative estimate of drug-likeness (QED) is 0.179. The van der Waals surface area contributed by atoms with Crippen LogP contribution in [0.25, 0.3) is 39.2 Å². The van der Waals surface area contributed by atoms with Crippen LogP contribution in [0, 0.1) is 0 Å². The monoisotopic (exact) mass is 673 g/mol. The van der Waals surface area contributed by atoms with Crippen molar-refractivity contribution >= 4 is 57.2 Å². The predicted octanol–water partition coefficient (Wildman–Crippen LogP) is 6.35. The molecule has 0 bridgehead atoms. The first-order chi connectivity index (χ1) is 22.8. The SMILES string of the molecule is C=CC(=O)Nc1cc(-c2ncc3cc(-c4c(Cl)c(OC)cc(OC)c4Cl)c4nccn4c3n2)c(OC)cc1N1CCN(C2CC2)CC1. The molecule has 1 saturated heterocycles. The molecule has 2 aromatic carbocycles. The number of benzene rings is 2. The van der Waals surface area contributed by atoms with Crippen molar-refractivity contribution in [3.63, 3.8) is 0 Å². The molecular formula is C34H33Cl2N7O4. The minimum absolute atomic E-state index is 0.308. The number of ether oxygens (including phenoxy) is 3. The molecule has 1 amide bonds. The second-order valence-corrected chi connectivity index (χ2v) is 12.2. The summed E-state index contributed by atoms with van der Waals surface area (Å²) in [6.07, 6.45) is 9.04. The Bertz CT molecular complexity index is 2010. The second-order valence-electron chi connectivity index (χ2n) is 11.5. The minimum Gasteiger partial charge on any atom is -0.496 e. The number of fused-ring (bicyclic) bond motifs is 3. The van der Waals surface area contributed by atoms with Crippen LogP contribution in [-0.4, -0.2) is 83.7 Å². The maximum absolute atomic E-state index is 12.6. The molecule has 4 heterocycles. The first-order valence-electron chi connectivity index (χ1n) is 15.2. The van der Waals surface area contributed by atoms with Gasteiger partial charge in [0.1, 0.15) is 28.5 Å². The van der Waals surface area contributed by atoms with Crippen molar-refractivity contribution in [2.45, 2.75) is 18.9 Å². The molecule has 2 aliphatic rings. The van der Waals surface area contributed by atoms with Gasteiger partial charge in [-0.3, -0.25) is 14.1 Å². The number of pyridine rings is 1. The van der Waals surface area contributed by atoms with E-state index in [0.29, 0.717) is 78.2 Å². The number of rotatable bonds is 9. The fraction of sp³-hybridized carbons (Fsp3) is 0.294. The van der Waals surface area contributed by atoms with Crippen molar-refractivity contribution in [1.82, 2.24) is 24.3 Å². The molecule has 13 heteroatoms. The third-order valence-electron chi connectivity index (χ3n) is 8.77. The van der Waals surface area contributed by atoms with E-state index in [-0.39, 0.29) is 5.91 Å². The van der Waals surface area contributed by atoms with Crippen molar-refractivity contribution in [2.75, 3.05) is 57.7 Å². The van der Waals surface area contributed by atoms with Crippen LogP contribution in [0.4, 0.5) is 11.4 Å². The Hall–Kier alpha value is -4.58. The van der Waals surface area contributed by atoms with E-state index in [4.69, 9.17) is 47.4 Å². The molecule has 2 fully saturated rings. The highest BCUT2D eigenvalue weighted by Crippen LogP contribution is 2.47. The number of piperazine rings is 1. The molecule has 0 atom stereocenters. The second kappa shape index (κ2) is 12.6. The lowest BCUT2D eigenvalue weighted by Gasteiger charge is -2.37. The zero-order chi connectivity index (χ0) is 32.8. The first kappa shape index (κ1) is 31.0. The highest BCUT2D eigenvalue weighted by atomic mass is 35.5. The first-order valence-corrected chi connectivity index (χ1v) is 16.0. The minimum atomic E-state index is -0.308. The Morgan fingerprint density at radius 1 is 0.915 bits per heavy atom. The number of halogens is 2. The molecule has 3 aromatic heterocycles. The maximum Gasteiger partial charge on any atom is 0.247 e. The van der Waals surface area contributed by atoms with Crippen molar-refractivity contribution in [3.05, 3.63) is 65.6 Å². The highest BCUT2D eigenvalue weighted by molar-refractivity contribution is 6.41.